The van der Waals surface area contributed by atoms with Gasteiger partial charge in [0.1, 0.15) is 0 Å². The molecule has 1 rings (SSSR count). The second kappa shape index (κ2) is 3.78. The van der Waals surface area contributed by atoms with E-state index in [0.717, 1.165) is 6.42 Å². The molecule has 1 unspecified atom stereocenters. The average molecular weight is 212 g/mol. The number of carbonyl (C=O) groups is 1. The molecular weight excluding hydrogens is 188 g/mol. The summed E-state index contributed by atoms with van der Waals surface area (Å²) in [6.07, 6.45) is 0.847. The van der Waals surface area contributed by atoms with E-state index in [1.807, 2.05) is 6.92 Å². The average Bonchev–Trinajstić information content (AvgIpc) is 2.42. The maximum atomic E-state index is 12.0. The van der Waals surface area contributed by atoms with Crippen LogP contribution in [-0.4, -0.2) is 18.5 Å². The summed E-state index contributed by atoms with van der Waals surface area (Å²) < 4.78 is 0. The zero-order valence-corrected chi connectivity index (χ0v) is 10.6. The number of rotatable bonds is 4. The first-order chi connectivity index (χ1) is 6.75. The lowest BCUT2D eigenvalue weighted by molar-refractivity contribution is -0.124. The lowest BCUT2D eigenvalue weighted by Crippen LogP contribution is -2.36. The summed E-state index contributed by atoms with van der Waals surface area (Å²) >= 11 is 0. The van der Waals surface area contributed by atoms with Gasteiger partial charge in [-0.1, -0.05) is 27.7 Å². The number of nitrogens with two attached hydrogens (primary N) is 1. The van der Waals surface area contributed by atoms with E-state index in [0.29, 0.717) is 6.54 Å². The van der Waals surface area contributed by atoms with Gasteiger partial charge in [-0.2, -0.15) is 0 Å². The van der Waals surface area contributed by atoms with Crippen molar-refractivity contribution >= 4 is 5.91 Å². The molecule has 0 aromatic rings. The Kier molecular flexibility index (Phi) is 3.15. The highest BCUT2D eigenvalue weighted by atomic mass is 16.2. The number of amides is 1. The van der Waals surface area contributed by atoms with Gasteiger partial charge in [-0.15, -0.1) is 0 Å². The van der Waals surface area contributed by atoms with Crippen LogP contribution in [0.3, 0.4) is 0 Å². The molecule has 1 aliphatic carbocycles. The monoisotopic (exact) mass is 212 g/mol. The van der Waals surface area contributed by atoms with Crippen molar-refractivity contribution in [3.05, 3.63) is 0 Å². The summed E-state index contributed by atoms with van der Waals surface area (Å²) in [7, 11) is 0. The second-order valence-electron chi connectivity index (χ2n) is 5.86. The van der Waals surface area contributed by atoms with Crippen LogP contribution in [0.15, 0.2) is 0 Å². The number of hydrogen-bond donors (Lipinski definition) is 2. The van der Waals surface area contributed by atoms with Crippen LogP contribution < -0.4 is 11.1 Å². The first-order valence-corrected chi connectivity index (χ1v) is 5.75. The van der Waals surface area contributed by atoms with Crippen LogP contribution in [0.25, 0.3) is 0 Å². The minimum Gasteiger partial charge on any atom is -0.353 e. The SMILES string of the molecule is CC(CCN)NC(=O)C1C(C)(C)C1(C)C. The molecule has 0 heterocycles. The topological polar surface area (TPSA) is 55.1 Å². The summed E-state index contributed by atoms with van der Waals surface area (Å²) in [5.41, 5.74) is 5.70. The smallest absolute Gasteiger partial charge is 0.224 e. The van der Waals surface area contributed by atoms with Gasteiger partial charge in [0.15, 0.2) is 0 Å². The highest BCUT2D eigenvalue weighted by Gasteiger charge is 2.68. The summed E-state index contributed by atoms with van der Waals surface area (Å²) in [5, 5.41) is 3.04. The third kappa shape index (κ3) is 2.03. The van der Waals surface area contributed by atoms with Crippen molar-refractivity contribution < 1.29 is 4.79 Å². The first-order valence-electron chi connectivity index (χ1n) is 5.75. The molecule has 88 valence electrons. The minimum atomic E-state index is 0.125. The van der Waals surface area contributed by atoms with E-state index in [2.05, 4.69) is 33.0 Å². The summed E-state index contributed by atoms with van der Waals surface area (Å²) in [5.74, 6) is 0.330. The van der Waals surface area contributed by atoms with Crippen LogP contribution in [0, 0.1) is 16.7 Å². The van der Waals surface area contributed by atoms with Crippen molar-refractivity contribution in [2.24, 2.45) is 22.5 Å². The number of hydrogen-bond acceptors (Lipinski definition) is 2. The molecule has 1 atom stereocenters. The van der Waals surface area contributed by atoms with E-state index >= 15 is 0 Å². The fraction of sp³-hybridized carbons (Fsp3) is 0.917. The third-order valence-corrected chi connectivity index (χ3v) is 4.27. The minimum absolute atomic E-state index is 0.125. The van der Waals surface area contributed by atoms with Crippen LogP contribution in [0.5, 0.6) is 0 Å². The van der Waals surface area contributed by atoms with Gasteiger partial charge in [0.2, 0.25) is 5.91 Å². The predicted molar refractivity (Wildman–Crippen MR) is 62.3 cm³/mol. The molecule has 1 fully saturated rings. The van der Waals surface area contributed by atoms with E-state index in [1.54, 1.807) is 0 Å². The summed E-state index contributed by atoms with van der Waals surface area (Å²) in [4.78, 5) is 12.0. The quantitative estimate of drug-likeness (QED) is 0.742. The van der Waals surface area contributed by atoms with Crippen molar-refractivity contribution in [3.8, 4) is 0 Å². The van der Waals surface area contributed by atoms with Gasteiger partial charge in [0, 0.05) is 12.0 Å². The molecule has 3 N–H and O–H groups in total. The van der Waals surface area contributed by atoms with Gasteiger partial charge in [0.05, 0.1) is 0 Å². The molecule has 0 bridgehead atoms. The Morgan fingerprint density at radius 3 is 2.13 bits per heavy atom. The maximum Gasteiger partial charge on any atom is 0.224 e. The van der Waals surface area contributed by atoms with Gasteiger partial charge in [-0.05, 0) is 30.7 Å². The Bertz CT molecular complexity index is 244. The van der Waals surface area contributed by atoms with Crippen molar-refractivity contribution in [1.82, 2.24) is 5.32 Å². The Labute approximate surface area is 92.8 Å². The zero-order valence-electron chi connectivity index (χ0n) is 10.6. The van der Waals surface area contributed by atoms with E-state index in [4.69, 9.17) is 5.73 Å². The van der Waals surface area contributed by atoms with Gasteiger partial charge in [-0.25, -0.2) is 0 Å². The lowest BCUT2D eigenvalue weighted by Gasteiger charge is -2.13. The second-order valence-corrected chi connectivity index (χ2v) is 5.86. The normalized spacial score (nSPS) is 24.7. The van der Waals surface area contributed by atoms with Crippen LogP contribution in [0.4, 0.5) is 0 Å². The van der Waals surface area contributed by atoms with Crippen LogP contribution >= 0.6 is 0 Å². The van der Waals surface area contributed by atoms with Crippen molar-refractivity contribution in [3.63, 3.8) is 0 Å². The Morgan fingerprint density at radius 2 is 1.80 bits per heavy atom. The van der Waals surface area contributed by atoms with Crippen molar-refractivity contribution in [2.75, 3.05) is 6.54 Å². The molecule has 0 radical (unpaired) electrons. The van der Waals surface area contributed by atoms with Crippen LogP contribution in [0.1, 0.15) is 41.0 Å². The highest BCUT2D eigenvalue weighted by molar-refractivity contribution is 5.84. The van der Waals surface area contributed by atoms with Gasteiger partial charge in [-0.3, -0.25) is 4.79 Å². The van der Waals surface area contributed by atoms with E-state index in [1.165, 1.54) is 0 Å². The lowest BCUT2D eigenvalue weighted by atomic mass is 10.0. The fourth-order valence-electron chi connectivity index (χ4n) is 2.50. The molecule has 3 nitrogen and oxygen atoms in total. The Balaban J connectivity index is 2.51. The van der Waals surface area contributed by atoms with Crippen molar-refractivity contribution in [1.29, 1.82) is 0 Å². The molecule has 1 amide bonds. The van der Waals surface area contributed by atoms with E-state index in [-0.39, 0.29) is 28.7 Å². The predicted octanol–water partition coefficient (Wildman–Crippen LogP) is 1.52. The molecule has 0 aliphatic heterocycles. The molecule has 0 saturated heterocycles. The summed E-state index contributed by atoms with van der Waals surface area (Å²) in [6, 6.07) is 0.190. The third-order valence-electron chi connectivity index (χ3n) is 4.27. The standard InChI is InChI=1S/C12H24N2O/c1-8(6-7-13)14-10(15)9-11(2,3)12(9,4)5/h8-9H,6-7,13H2,1-5H3,(H,14,15). The van der Waals surface area contributed by atoms with Crippen LogP contribution in [-0.2, 0) is 4.79 Å². The van der Waals surface area contributed by atoms with Gasteiger partial charge >= 0.3 is 0 Å². The zero-order chi connectivity index (χ0) is 11.9. The number of nitrogens with one attached hydrogen (secondary N) is 1. The number of carbonyl (C=O) groups excluding carboxylic acids is 1. The van der Waals surface area contributed by atoms with Gasteiger partial charge in [0.25, 0.3) is 0 Å². The van der Waals surface area contributed by atoms with E-state index in [9.17, 15) is 4.79 Å². The van der Waals surface area contributed by atoms with E-state index < -0.39 is 0 Å². The van der Waals surface area contributed by atoms with Crippen LogP contribution in [0.2, 0.25) is 0 Å². The fourth-order valence-corrected chi connectivity index (χ4v) is 2.50. The molecule has 15 heavy (non-hydrogen) atoms. The molecule has 0 spiro atoms. The first kappa shape index (κ1) is 12.5. The molecule has 1 aliphatic rings. The molecule has 0 aromatic carbocycles. The molecule has 0 aromatic heterocycles. The molecule has 1 saturated carbocycles. The molecular formula is C12H24N2O. The highest BCUT2D eigenvalue weighted by Crippen LogP contribution is 2.68. The maximum absolute atomic E-state index is 12.0. The summed E-state index contributed by atoms with van der Waals surface area (Å²) in [6.45, 7) is 11.3. The largest absolute Gasteiger partial charge is 0.353 e. The molecule has 3 heteroatoms. The van der Waals surface area contributed by atoms with Gasteiger partial charge < -0.3 is 11.1 Å². The Morgan fingerprint density at radius 1 is 1.33 bits per heavy atom. The Hall–Kier alpha value is -0.570. The van der Waals surface area contributed by atoms with Crippen molar-refractivity contribution in [2.45, 2.75) is 47.1 Å².